The third kappa shape index (κ3) is 6.17. The molecule has 1 aliphatic heterocycles. The van der Waals surface area contributed by atoms with Crippen LogP contribution in [0.2, 0.25) is 0 Å². The summed E-state index contributed by atoms with van der Waals surface area (Å²) in [6.45, 7) is 3.82. The lowest BCUT2D eigenvalue weighted by atomic mass is 10.0. The van der Waals surface area contributed by atoms with Gasteiger partial charge in [0.1, 0.15) is 0 Å². The van der Waals surface area contributed by atoms with E-state index in [-0.39, 0.29) is 18.0 Å². The van der Waals surface area contributed by atoms with Crippen molar-refractivity contribution in [2.45, 2.75) is 32.2 Å². The molecule has 3 amide bonds. The summed E-state index contributed by atoms with van der Waals surface area (Å²) in [4.78, 5) is 28.2. The standard InChI is InChI=1S/C27H29BrN4O2/c1-19(20-8-4-2-5-9-20)29-26(33)24-18-23(14-15-25(24)32-16-6-3-7-17-32)31-27(34)30-22-12-10-21(28)11-13-22/h2,4-5,8-15,18-19H,3,6-7,16-17H2,1H3,(H,29,33)(H2,30,31,34). The zero-order chi connectivity index (χ0) is 23.9. The van der Waals surface area contributed by atoms with Crippen LogP contribution in [0.5, 0.6) is 0 Å². The number of nitrogens with one attached hydrogen (secondary N) is 3. The third-order valence-corrected chi connectivity index (χ3v) is 6.47. The van der Waals surface area contributed by atoms with Gasteiger partial charge < -0.3 is 20.9 Å². The van der Waals surface area contributed by atoms with Crippen molar-refractivity contribution in [3.05, 3.63) is 88.4 Å². The number of carbonyl (C=O) groups is 2. The van der Waals surface area contributed by atoms with Crippen LogP contribution in [0.4, 0.5) is 21.9 Å². The number of benzene rings is 3. The molecule has 0 saturated carbocycles. The Bertz CT molecular complexity index is 1130. The summed E-state index contributed by atoms with van der Waals surface area (Å²) in [7, 11) is 0. The largest absolute Gasteiger partial charge is 0.371 e. The second kappa shape index (κ2) is 11.2. The number of piperidine rings is 1. The molecule has 1 fully saturated rings. The van der Waals surface area contributed by atoms with Gasteiger partial charge in [-0.25, -0.2) is 4.79 Å². The van der Waals surface area contributed by atoms with E-state index in [9.17, 15) is 9.59 Å². The molecular formula is C27H29BrN4O2. The first-order valence-electron chi connectivity index (χ1n) is 11.6. The Morgan fingerprint density at radius 2 is 1.50 bits per heavy atom. The number of hydrogen-bond acceptors (Lipinski definition) is 3. The number of urea groups is 1. The summed E-state index contributed by atoms with van der Waals surface area (Å²) in [5, 5.41) is 8.79. The van der Waals surface area contributed by atoms with E-state index >= 15 is 0 Å². The number of hydrogen-bond donors (Lipinski definition) is 3. The molecule has 1 heterocycles. The molecule has 1 aliphatic rings. The van der Waals surface area contributed by atoms with Gasteiger partial charge in [0.15, 0.2) is 0 Å². The van der Waals surface area contributed by atoms with Crippen LogP contribution in [0.15, 0.2) is 77.3 Å². The quantitative estimate of drug-likeness (QED) is 0.343. The van der Waals surface area contributed by atoms with Gasteiger partial charge in [-0.15, -0.1) is 0 Å². The van der Waals surface area contributed by atoms with E-state index in [0.717, 1.165) is 41.7 Å². The van der Waals surface area contributed by atoms with Gasteiger partial charge in [-0.05, 0) is 74.2 Å². The van der Waals surface area contributed by atoms with Crippen LogP contribution in [0.25, 0.3) is 0 Å². The minimum absolute atomic E-state index is 0.139. The van der Waals surface area contributed by atoms with Crippen molar-refractivity contribution in [1.29, 1.82) is 0 Å². The van der Waals surface area contributed by atoms with Gasteiger partial charge in [-0.3, -0.25) is 4.79 Å². The fourth-order valence-electron chi connectivity index (χ4n) is 4.13. The molecule has 0 aromatic heterocycles. The second-order valence-corrected chi connectivity index (χ2v) is 9.39. The smallest absolute Gasteiger partial charge is 0.323 e. The highest BCUT2D eigenvalue weighted by Gasteiger charge is 2.21. The molecule has 7 heteroatoms. The minimum Gasteiger partial charge on any atom is -0.371 e. The van der Waals surface area contributed by atoms with Gasteiger partial charge in [0.05, 0.1) is 11.6 Å². The SMILES string of the molecule is CC(NC(=O)c1cc(NC(=O)Nc2ccc(Br)cc2)ccc1N1CCCCC1)c1ccccc1. The van der Waals surface area contributed by atoms with Gasteiger partial charge >= 0.3 is 6.03 Å². The number of anilines is 3. The van der Waals surface area contributed by atoms with Crippen molar-refractivity contribution in [3.8, 4) is 0 Å². The van der Waals surface area contributed by atoms with Crippen LogP contribution in [0, 0.1) is 0 Å². The molecule has 3 aromatic rings. The number of amides is 3. The van der Waals surface area contributed by atoms with Crippen LogP contribution < -0.4 is 20.9 Å². The van der Waals surface area contributed by atoms with Gasteiger partial charge in [0.25, 0.3) is 5.91 Å². The predicted octanol–water partition coefficient (Wildman–Crippen LogP) is 6.57. The molecule has 6 nitrogen and oxygen atoms in total. The van der Waals surface area contributed by atoms with E-state index in [4.69, 9.17) is 0 Å². The molecule has 0 aliphatic carbocycles. The van der Waals surface area contributed by atoms with E-state index in [1.54, 1.807) is 6.07 Å². The lowest BCUT2D eigenvalue weighted by Gasteiger charge is -2.31. The fraction of sp³-hybridized carbons (Fsp3) is 0.259. The average molecular weight is 521 g/mol. The molecule has 1 saturated heterocycles. The van der Waals surface area contributed by atoms with Crippen LogP contribution in [-0.2, 0) is 0 Å². The molecule has 3 aromatic carbocycles. The van der Waals surface area contributed by atoms with Gasteiger partial charge in [-0.1, -0.05) is 46.3 Å². The fourth-order valence-corrected chi connectivity index (χ4v) is 4.40. The Balaban J connectivity index is 1.54. The molecule has 4 rings (SSSR count). The molecule has 1 unspecified atom stereocenters. The Hall–Kier alpha value is -3.32. The van der Waals surface area contributed by atoms with Crippen LogP contribution >= 0.6 is 15.9 Å². The first-order valence-corrected chi connectivity index (χ1v) is 12.4. The monoisotopic (exact) mass is 520 g/mol. The third-order valence-electron chi connectivity index (χ3n) is 5.95. The maximum absolute atomic E-state index is 13.4. The first-order chi connectivity index (χ1) is 16.5. The van der Waals surface area contributed by atoms with Crippen molar-refractivity contribution >= 4 is 44.9 Å². The molecule has 0 radical (unpaired) electrons. The van der Waals surface area contributed by atoms with Gasteiger partial charge in [0.2, 0.25) is 0 Å². The van der Waals surface area contributed by atoms with E-state index in [2.05, 4.69) is 36.8 Å². The summed E-state index contributed by atoms with van der Waals surface area (Å²) in [6.07, 6.45) is 3.42. The summed E-state index contributed by atoms with van der Waals surface area (Å²) < 4.78 is 0.937. The summed E-state index contributed by atoms with van der Waals surface area (Å²) >= 11 is 3.39. The Morgan fingerprint density at radius 3 is 2.21 bits per heavy atom. The van der Waals surface area contributed by atoms with E-state index < -0.39 is 0 Å². The van der Waals surface area contributed by atoms with Crippen molar-refractivity contribution in [2.75, 3.05) is 28.6 Å². The molecule has 176 valence electrons. The van der Waals surface area contributed by atoms with Crippen molar-refractivity contribution < 1.29 is 9.59 Å². The molecule has 0 bridgehead atoms. The van der Waals surface area contributed by atoms with Crippen LogP contribution in [0.3, 0.4) is 0 Å². The Morgan fingerprint density at radius 1 is 0.853 bits per heavy atom. The maximum atomic E-state index is 13.4. The maximum Gasteiger partial charge on any atom is 0.323 e. The highest BCUT2D eigenvalue weighted by molar-refractivity contribution is 9.10. The molecule has 34 heavy (non-hydrogen) atoms. The summed E-state index contributed by atoms with van der Waals surface area (Å²) in [6, 6.07) is 22.3. The normalized spacial score (nSPS) is 14.2. The number of carbonyl (C=O) groups excluding carboxylic acids is 2. The van der Waals surface area contributed by atoms with E-state index in [0.29, 0.717) is 16.9 Å². The van der Waals surface area contributed by atoms with Gasteiger partial charge in [-0.2, -0.15) is 0 Å². The van der Waals surface area contributed by atoms with Crippen LogP contribution in [-0.4, -0.2) is 25.0 Å². The highest BCUT2D eigenvalue weighted by atomic mass is 79.9. The van der Waals surface area contributed by atoms with E-state index in [1.807, 2.05) is 73.7 Å². The Labute approximate surface area is 208 Å². The van der Waals surface area contributed by atoms with Crippen molar-refractivity contribution in [2.24, 2.45) is 0 Å². The molecular weight excluding hydrogens is 492 g/mol. The topological polar surface area (TPSA) is 73.5 Å². The minimum atomic E-state index is -0.364. The highest BCUT2D eigenvalue weighted by Crippen LogP contribution is 2.28. The van der Waals surface area contributed by atoms with Crippen molar-refractivity contribution in [1.82, 2.24) is 5.32 Å². The average Bonchev–Trinajstić information content (AvgIpc) is 2.86. The first kappa shape index (κ1) is 23.8. The van der Waals surface area contributed by atoms with E-state index in [1.165, 1.54) is 6.42 Å². The molecule has 3 N–H and O–H groups in total. The number of nitrogens with zero attached hydrogens (tertiary/aromatic N) is 1. The molecule has 1 atom stereocenters. The predicted molar refractivity (Wildman–Crippen MR) is 142 cm³/mol. The van der Waals surface area contributed by atoms with Crippen molar-refractivity contribution in [3.63, 3.8) is 0 Å². The summed E-state index contributed by atoms with van der Waals surface area (Å²) in [5.74, 6) is -0.158. The zero-order valence-electron chi connectivity index (χ0n) is 19.2. The number of halogens is 1. The second-order valence-electron chi connectivity index (χ2n) is 8.47. The van der Waals surface area contributed by atoms with Gasteiger partial charge in [0, 0.05) is 34.6 Å². The lowest BCUT2D eigenvalue weighted by Crippen LogP contribution is -2.33. The van der Waals surface area contributed by atoms with Crippen LogP contribution in [0.1, 0.15) is 48.1 Å². The zero-order valence-corrected chi connectivity index (χ0v) is 20.8. The summed E-state index contributed by atoms with van der Waals surface area (Å²) in [5.41, 5.74) is 3.74. The Kier molecular flexibility index (Phi) is 7.85. The lowest BCUT2D eigenvalue weighted by molar-refractivity contribution is 0.0940. The number of rotatable bonds is 6. The molecule has 0 spiro atoms.